The van der Waals surface area contributed by atoms with Crippen molar-refractivity contribution in [1.82, 2.24) is 10.3 Å². The van der Waals surface area contributed by atoms with Crippen molar-refractivity contribution in [2.45, 2.75) is 26.5 Å². The lowest BCUT2D eigenvalue weighted by molar-refractivity contribution is 0.0529. The number of pyridine rings is 1. The Bertz CT molecular complexity index is 339. The third-order valence-corrected chi connectivity index (χ3v) is 2.95. The maximum atomic E-state index is 5.53. The zero-order valence-corrected chi connectivity index (χ0v) is 10.6. The van der Waals surface area contributed by atoms with E-state index in [4.69, 9.17) is 4.74 Å². The van der Waals surface area contributed by atoms with Gasteiger partial charge in [-0.1, -0.05) is 13.0 Å². The number of rotatable bonds is 4. The number of ether oxygens (including phenoxy) is 1. The number of hydrogen-bond acceptors (Lipinski definition) is 4. The molecule has 1 unspecified atom stereocenters. The van der Waals surface area contributed by atoms with Crippen molar-refractivity contribution in [3.8, 4) is 0 Å². The summed E-state index contributed by atoms with van der Waals surface area (Å²) in [7, 11) is 0. The van der Waals surface area contributed by atoms with Crippen molar-refractivity contribution in [2.75, 3.05) is 31.1 Å². The van der Waals surface area contributed by atoms with Gasteiger partial charge < -0.3 is 15.0 Å². The summed E-state index contributed by atoms with van der Waals surface area (Å²) in [5.41, 5.74) is 1.23. The van der Waals surface area contributed by atoms with Gasteiger partial charge >= 0.3 is 0 Å². The lowest BCUT2D eigenvalue weighted by Crippen LogP contribution is -2.41. The Morgan fingerprint density at radius 3 is 3.06 bits per heavy atom. The summed E-state index contributed by atoms with van der Waals surface area (Å²) >= 11 is 0. The maximum absolute atomic E-state index is 5.53. The van der Waals surface area contributed by atoms with E-state index in [1.54, 1.807) is 0 Å². The normalized spacial score (nSPS) is 20.6. The highest BCUT2D eigenvalue weighted by Crippen LogP contribution is 2.15. The average molecular weight is 235 g/mol. The van der Waals surface area contributed by atoms with Crippen molar-refractivity contribution < 1.29 is 4.74 Å². The first-order valence-corrected chi connectivity index (χ1v) is 6.31. The van der Waals surface area contributed by atoms with Gasteiger partial charge in [-0.3, -0.25) is 0 Å². The molecule has 1 fully saturated rings. The Hall–Kier alpha value is -1.13. The van der Waals surface area contributed by atoms with Gasteiger partial charge in [0, 0.05) is 25.8 Å². The smallest absolute Gasteiger partial charge is 0.128 e. The van der Waals surface area contributed by atoms with Crippen LogP contribution in [-0.2, 0) is 11.3 Å². The summed E-state index contributed by atoms with van der Waals surface area (Å²) < 4.78 is 5.53. The van der Waals surface area contributed by atoms with Gasteiger partial charge in [-0.15, -0.1) is 0 Å². The summed E-state index contributed by atoms with van der Waals surface area (Å²) in [6, 6.07) is 4.25. The molecule has 1 aromatic rings. The van der Waals surface area contributed by atoms with E-state index in [2.05, 4.69) is 41.2 Å². The minimum Gasteiger partial charge on any atom is -0.375 e. The molecule has 2 rings (SSSR count). The Morgan fingerprint density at radius 1 is 1.53 bits per heavy atom. The van der Waals surface area contributed by atoms with Crippen LogP contribution in [0.4, 0.5) is 5.82 Å². The molecule has 1 aliphatic rings. The zero-order chi connectivity index (χ0) is 12.1. The van der Waals surface area contributed by atoms with Crippen molar-refractivity contribution in [2.24, 2.45) is 0 Å². The lowest BCUT2D eigenvalue weighted by atomic mass is 10.2. The Morgan fingerprint density at radius 2 is 2.41 bits per heavy atom. The van der Waals surface area contributed by atoms with Crippen molar-refractivity contribution >= 4 is 5.82 Å². The van der Waals surface area contributed by atoms with Gasteiger partial charge in [0.25, 0.3) is 0 Å². The van der Waals surface area contributed by atoms with Gasteiger partial charge in [0.05, 0.1) is 12.7 Å². The Labute approximate surface area is 103 Å². The van der Waals surface area contributed by atoms with Crippen LogP contribution in [0.2, 0.25) is 0 Å². The first-order chi connectivity index (χ1) is 8.29. The van der Waals surface area contributed by atoms with Gasteiger partial charge in [0.1, 0.15) is 5.82 Å². The van der Waals surface area contributed by atoms with Crippen molar-refractivity contribution in [1.29, 1.82) is 0 Å². The summed E-state index contributed by atoms with van der Waals surface area (Å²) in [5, 5.41) is 3.30. The molecular formula is C13H21N3O. The molecule has 0 aliphatic carbocycles. The molecule has 1 atom stereocenters. The minimum atomic E-state index is 0.298. The fourth-order valence-corrected chi connectivity index (χ4v) is 2.00. The van der Waals surface area contributed by atoms with E-state index in [0.717, 1.165) is 38.6 Å². The van der Waals surface area contributed by atoms with E-state index < -0.39 is 0 Å². The van der Waals surface area contributed by atoms with E-state index in [9.17, 15) is 0 Å². The summed E-state index contributed by atoms with van der Waals surface area (Å²) in [5.74, 6) is 1.06. The van der Waals surface area contributed by atoms with Crippen molar-refractivity contribution in [3.05, 3.63) is 23.9 Å². The van der Waals surface area contributed by atoms with Gasteiger partial charge in [-0.05, 0) is 25.1 Å². The van der Waals surface area contributed by atoms with Gasteiger partial charge in [0.15, 0.2) is 0 Å². The van der Waals surface area contributed by atoms with Gasteiger partial charge in [-0.2, -0.15) is 0 Å². The number of nitrogens with one attached hydrogen (secondary N) is 1. The quantitative estimate of drug-likeness (QED) is 0.856. The first kappa shape index (κ1) is 12.3. The van der Waals surface area contributed by atoms with Gasteiger partial charge in [-0.25, -0.2) is 4.98 Å². The fraction of sp³-hybridized carbons (Fsp3) is 0.615. The van der Waals surface area contributed by atoms with Crippen LogP contribution in [0.15, 0.2) is 18.3 Å². The van der Waals surface area contributed by atoms with E-state index in [1.165, 1.54) is 5.56 Å². The maximum Gasteiger partial charge on any atom is 0.128 e. The molecule has 0 amide bonds. The second-order valence-electron chi connectivity index (χ2n) is 4.43. The van der Waals surface area contributed by atoms with E-state index in [1.807, 2.05) is 6.20 Å². The number of morpholine rings is 1. The van der Waals surface area contributed by atoms with Crippen LogP contribution in [0.3, 0.4) is 0 Å². The fourth-order valence-electron chi connectivity index (χ4n) is 2.00. The van der Waals surface area contributed by atoms with E-state index in [-0.39, 0.29) is 0 Å². The topological polar surface area (TPSA) is 37.4 Å². The number of aromatic nitrogens is 1. The average Bonchev–Trinajstić information content (AvgIpc) is 2.37. The molecule has 17 heavy (non-hydrogen) atoms. The monoisotopic (exact) mass is 235 g/mol. The molecule has 1 N–H and O–H groups in total. The second-order valence-corrected chi connectivity index (χ2v) is 4.43. The molecule has 4 heteroatoms. The van der Waals surface area contributed by atoms with E-state index in [0.29, 0.717) is 6.10 Å². The SMILES string of the molecule is CCNCc1ccc(N2CCOC(C)C2)nc1. The van der Waals surface area contributed by atoms with Crippen LogP contribution in [-0.4, -0.2) is 37.3 Å². The number of anilines is 1. The lowest BCUT2D eigenvalue weighted by Gasteiger charge is -2.32. The second kappa shape index (κ2) is 5.98. The molecule has 1 aromatic heterocycles. The molecule has 2 heterocycles. The Kier molecular flexibility index (Phi) is 4.34. The molecular weight excluding hydrogens is 214 g/mol. The molecule has 0 aromatic carbocycles. The first-order valence-electron chi connectivity index (χ1n) is 6.31. The molecule has 4 nitrogen and oxygen atoms in total. The molecule has 0 spiro atoms. The molecule has 1 aliphatic heterocycles. The molecule has 94 valence electrons. The largest absolute Gasteiger partial charge is 0.375 e. The highest BCUT2D eigenvalue weighted by Gasteiger charge is 2.17. The predicted molar refractivity (Wildman–Crippen MR) is 69.2 cm³/mol. The third-order valence-electron chi connectivity index (χ3n) is 2.95. The van der Waals surface area contributed by atoms with E-state index >= 15 is 0 Å². The molecule has 0 bridgehead atoms. The minimum absolute atomic E-state index is 0.298. The predicted octanol–water partition coefficient (Wildman–Crippen LogP) is 1.42. The van der Waals surface area contributed by atoms with Crippen LogP contribution in [0.25, 0.3) is 0 Å². The highest BCUT2D eigenvalue weighted by atomic mass is 16.5. The van der Waals surface area contributed by atoms with Crippen LogP contribution >= 0.6 is 0 Å². The third kappa shape index (κ3) is 3.41. The van der Waals surface area contributed by atoms with Gasteiger partial charge in [0.2, 0.25) is 0 Å². The Balaban J connectivity index is 1.96. The standard InChI is InChI=1S/C13H21N3O/c1-3-14-8-12-4-5-13(15-9-12)16-6-7-17-11(2)10-16/h4-5,9,11,14H,3,6-8,10H2,1-2H3. The summed E-state index contributed by atoms with van der Waals surface area (Å²) in [6.45, 7) is 8.75. The van der Waals surface area contributed by atoms with Crippen LogP contribution in [0.5, 0.6) is 0 Å². The summed E-state index contributed by atoms with van der Waals surface area (Å²) in [4.78, 5) is 6.80. The van der Waals surface area contributed by atoms with Crippen molar-refractivity contribution in [3.63, 3.8) is 0 Å². The molecule has 0 radical (unpaired) electrons. The van der Waals surface area contributed by atoms with Crippen LogP contribution in [0, 0.1) is 0 Å². The van der Waals surface area contributed by atoms with Crippen LogP contribution in [0.1, 0.15) is 19.4 Å². The molecule has 0 saturated carbocycles. The van der Waals surface area contributed by atoms with Crippen LogP contribution < -0.4 is 10.2 Å². The zero-order valence-electron chi connectivity index (χ0n) is 10.6. The highest BCUT2D eigenvalue weighted by molar-refractivity contribution is 5.39. The number of hydrogen-bond donors (Lipinski definition) is 1. The number of nitrogens with zero attached hydrogens (tertiary/aromatic N) is 2. The summed E-state index contributed by atoms with van der Waals surface area (Å²) in [6.07, 6.45) is 2.25. The molecule has 1 saturated heterocycles.